The van der Waals surface area contributed by atoms with Crippen LogP contribution in [0.25, 0.3) is 11.4 Å². The summed E-state index contributed by atoms with van der Waals surface area (Å²) < 4.78 is 6.79. The molecule has 3 rings (SSSR count). The van der Waals surface area contributed by atoms with Gasteiger partial charge in [0.15, 0.2) is 5.82 Å². The molecule has 0 radical (unpaired) electrons. The van der Waals surface area contributed by atoms with Crippen LogP contribution in [0.2, 0.25) is 0 Å². The van der Waals surface area contributed by atoms with Crippen LogP contribution in [0.15, 0.2) is 67.0 Å². The van der Waals surface area contributed by atoms with E-state index in [-0.39, 0.29) is 0 Å². The molecule has 0 atom stereocenters. The second-order valence-electron chi connectivity index (χ2n) is 4.52. The van der Waals surface area contributed by atoms with Gasteiger partial charge >= 0.3 is 0 Å². The van der Waals surface area contributed by atoms with Crippen molar-refractivity contribution in [3.05, 3.63) is 76.1 Å². The van der Waals surface area contributed by atoms with Gasteiger partial charge in [0, 0.05) is 21.5 Å². The minimum Gasteiger partial charge on any atom is -0.489 e. The van der Waals surface area contributed by atoms with Gasteiger partial charge in [-0.15, -0.1) is 0 Å². The Morgan fingerprint density at radius 3 is 2.19 bits per heavy atom. The van der Waals surface area contributed by atoms with Gasteiger partial charge in [-0.1, -0.05) is 30.3 Å². The Hall–Kier alpha value is -1.95. The summed E-state index contributed by atoms with van der Waals surface area (Å²) in [5.41, 5.74) is 2.14. The van der Waals surface area contributed by atoms with E-state index in [1.54, 1.807) is 0 Å². The lowest BCUT2D eigenvalue weighted by molar-refractivity contribution is 0.306. The molecule has 0 spiro atoms. The molecular formula is C17H13IN2O. The SMILES string of the molecule is Ic1cnc(-c2ccc(OCc3ccccc3)cc2)nc1. The quantitative estimate of drug-likeness (QED) is 0.625. The zero-order valence-electron chi connectivity index (χ0n) is 11.2. The van der Waals surface area contributed by atoms with Gasteiger partial charge in [0.2, 0.25) is 0 Å². The molecule has 0 fully saturated rings. The first-order chi connectivity index (χ1) is 10.3. The van der Waals surface area contributed by atoms with Gasteiger partial charge < -0.3 is 4.74 Å². The van der Waals surface area contributed by atoms with Crippen molar-refractivity contribution in [2.75, 3.05) is 0 Å². The molecule has 0 aliphatic rings. The third kappa shape index (κ3) is 3.78. The lowest BCUT2D eigenvalue weighted by Gasteiger charge is -2.07. The van der Waals surface area contributed by atoms with Crippen molar-refractivity contribution in [1.82, 2.24) is 9.97 Å². The summed E-state index contributed by atoms with van der Waals surface area (Å²) in [5, 5.41) is 0. The fourth-order valence-electron chi connectivity index (χ4n) is 1.90. The van der Waals surface area contributed by atoms with Gasteiger partial charge in [-0.25, -0.2) is 9.97 Å². The summed E-state index contributed by atoms with van der Waals surface area (Å²) in [6.07, 6.45) is 3.62. The van der Waals surface area contributed by atoms with Crippen molar-refractivity contribution in [3.8, 4) is 17.1 Å². The molecule has 2 aromatic carbocycles. The third-order valence-electron chi connectivity index (χ3n) is 2.98. The van der Waals surface area contributed by atoms with Gasteiger partial charge in [0.05, 0.1) is 0 Å². The number of ether oxygens (including phenoxy) is 1. The highest BCUT2D eigenvalue weighted by atomic mass is 127. The summed E-state index contributed by atoms with van der Waals surface area (Å²) in [5.74, 6) is 1.57. The smallest absolute Gasteiger partial charge is 0.159 e. The topological polar surface area (TPSA) is 35.0 Å². The van der Waals surface area contributed by atoms with E-state index in [4.69, 9.17) is 4.74 Å². The monoisotopic (exact) mass is 388 g/mol. The molecule has 0 aliphatic heterocycles. The average Bonchev–Trinajstić information content (AvgIpc) is 2.55. The van der Waals surface area contributed by atoms with E-state index in [0.29, 0.717) is 6.61 Å². The van der Waals surface area contributed by atoms with E-state index in [1.807, 2.05) is 67.0 Å². The Morgan fingerprint density at radius 2 is 1.52 bits per heavy atom. The first kappa shape index (κ1) is 14.0. The maximum Gasteiger partial charge on any atom is 0.159 e. The number of rotatable bonds is 4. The van der Waals surface area contributed by atoms with Crippen LogP contribution in [0.3, 0.4) is 0 Å². The van der Waals surface area contributed by atoms with E-state index in [0.717, 1.165) is 26.3 Å². The molecule has 0 N–H and O–H groups in total. The second-order valence-corrected chi connectivity index (χ2v) is 5.77. The molecular weight excluding hydrogens is 375 g/mol. The molecule has 0 aliphatic carbocycles. The molecule has 3 nitrogen and oxygen atoms in total. The maximum absolute atomic E-state index is 5.76. The number of hydrogen-bond acceptors (Lipinski definition) is 3. The van der Waals surface area contributed by atoms with E-state index < -0.39 is 0 Å². The summed E-state index contributed by atoms with van der Waals surface area (Å²) in [6, 6.07) is 18.0. The fourth-order valence-corrected chi connectivity index (χ4v) is 2.18. The van der Waals surface area contributed by atoms with Gasteiger partial charge in [0.25, 0.3) is 0 Å². The van der Waals surface area contributed by atoms with Crippen LogP contribution in [-0.4, -0.2) is 9.97 Å². The van der Waals surface area contributed by atoms with Gasteiger partial charge in [0.1, 0.15) is 12.4 Å². The van der Waals surface area contributed by atoms with Crippen molar-refractivity contribution in [2.24, 2.45) is 0 Å². The molecule has 1 heterocycles. The van der Waals surface area contributed by atoms with Crippen molar-refractivity contribution in [3.63, 3.8) is 0 Å². The number of hydrogen-bond donors (Lipinski definition) is 0. The molecule has 3 aromatic rings. The second kappa shape index (κ2) is 6.67. The Bertz CT molecular complexity index is 697. The van der Waals surface area contributed by atoms with Gasteiger partial charge in [-0.2, -0.15) is 0 Å². The number of halogens is 1. The maximum atomic E-state index is 5.76. The summed E-state index contributed by atoms with van der Waals surface area (Å²) >= 11 is 2.19. The molecule has 21 heavy (non-hydrogen) atoms. The van der Waals surface area contributed by atoms with Crippen LogP contribution in [0.5, 0.6) is 5.75 Å². The van der Waals surface area contributed by atoms with Crippen molar-refractivity contribution < 1.29 is 4.74 Å². The fraction of sp³-hybridized carbons (Fsp3) is 0.0588. The van der Waals surface area contributed by atoms with Crippen molar-refractivity contribution in [1.29, 1.82) is 0 Å². The number of nitrogens with zero attached hydrogens (tertiary/aromatic N) is 2. The van der Waals surface area contributed by atoms with Crippen LogP contribution in [-0.2, 0) is 6.61 Å². The minimum atomic E-state index is 0.570. The summed E-state index contributed by atoms with van der Waals surface area (Å²) in [4.78, 5) is 8.62. The van der Waals surface area contributed by atoms with E-state index in [1.165, 1.54) is 0 Å². The van der Waals surface area contributed by atoms with Crippen LogP contribution < -0.4 is 4.74 Å². The Kier molecular flexibility index (Phi) is 4.45. The molecule has 0 saturated heterocycles. The highest BCUT2D eigenvalue weighted by Crippen LogP contribution is 2.20. The van der Waals surface area contributed by atoms with Crippen molar-refractivity contribution in [2.45, 2.75) is 6.61 Å². The van der Waals surface area contributed by atoms with Crippen LogP contribution in [0, 0.1) is 3.57 Å². The summed E-state index contributed by atoms with van der Waals surface area (Å²) in [7, 11) is 0. The lowest BCUT2D eigenvalue weighted by Crippen LogP contribution is -1.95. The molecule has 0 bridgehead atoms. The Balaban J connectivity index is 1.68. The zero-order chi connectivity index (χ0) is 14.5. The standard InChI is InChI=1S/C17H13IN2O/c18-15-10-19-17(20-11-15)14-6-8-16(9-7-14)21-12-13-4-2-1-3-5-13/h1-11H,12H2. The normalized spacial score (nSPS) is 10.3. The van der Waals surface area contributed by atoms with E-state index >= 15 is 0 Å². The molecule has 1 aromatic heterocycles. The average molecular weight is 388 g/mol. The van der Waals surface area contributed by atoms with Gasteiger partial charge in [-0.05, 0) is 52.4 Å². The molecule has 0 amide bonds. The van der Waals surface area contributed by atoms with E-state index in [9.17, 15) is 0 Å². The predicted octanol–water partition coefficient (Wildman–Crippen LogP) is 4.33. The summed E-state index contributed by atoms with van der Waals surface area (Å²) in [6.45, 7) is 0.570. The molecule has 0 unspecified atom stereocenters. The Morgan fingerprint density at radius 1 is 0.857 bits per heavy atom. The lowest BCUT2D eigenvalue weighted by atomic mass is 10.2. The predicted molar refractivity (Wildman–Crippen MR) is 91.0 cm³/mol. The first-order valence-corrected chi connectivity index (χ1v) is 7.64. The van der Waals surface area contributed by atoms with Gasteiger partial charge in [-0.3, -0.25) is 0 Å². The first-order valence-electron chi connectivity index (χ1n) is 6.56. The number of aromatic nitrogens is 2. The van der Waals surface area contributed by atoms with E-state index in [2.05, 4.69) is 32.6 Å². The zero-order valence-corrected chi connectivity index (χ0v) is 13.4. The molecule has 4 heteroatoms. The molecule has 104 valence electrons. The highest BCUT2D eigenvalue weighted by molar-refractivity contribution is 14.1. The van der Waals surface area contributed by atoms with Crippen LogP contribution in [0.1, 0.15) is 5.56 Å². The largest absolute Gasteiger partial charge is 0.489 e. The minimum absolute atomic E-state index is 0.570. The Labute approximate surface area is 137 Å². The molecule has 0 saturated carbocycles. The van der Waals surface area contributed by atoms with Crippen LogP contribution >= 0.6 is 22.6 Å². The third-order valence-corrected chi connectivity index (χ3v) is 3.54. The van der Waals surface area contributed by atoms with Crippen LogP contribution in [0.4, 0.5) is 0 Å². The number of benzene rings is 2. The highest BCUT2D eigenvalue weighted by Gasteiger charge is 2.02. The van der Waals surface area contributed by atoms with Crippen molar-refractivity contribution >= 4 is 22.6 Å².